The average molecular weight is 349 g/mol. The van der Waals surface area contributed by atoms with Crippen LogP contribution in [-0.2, 0) is 25.5 Å². The first-order valence-electron chi connectivity index (χ1n) is 9.22. The van der Waals surface area contributed by atoms with Gasteiger partial charge < -0.3 is 14.4 Å². The van der Waals surface area contributed by atoms with Gasteiger partial charge in [0, 0.05) is 26.3 Å². The Labute approximate surface area is 151 Å². The van der Waals surface area contributed by atoms with Gasteiger partial charge in [-0.2, -0.15) is 0 Å². The van der Waals surface area contributed by atoms with Crippen LogP contribution in [-0.4, -0.2) is 49.7 Å². The summed E-state index contributed by atoms with van der Waals surface area (Å²) in [7, 11) is 0. The first-order chi connectivity index (χ1) is 12.2. The molecule has 5 nitrogen and oxygen atoms in total. The summed E-state index contributed by atoms with van der Waals surface area (Å²) in [4.78, 5) is 25.9. The molecule has 1 rings (SSSR count). The second kappa shape index (κ2) is 13.4. The van der Waals surface area contributed by atoms with Crippen molar-refractivity contribution in [2.45, 2.75) is 46.0 Å². The van der Waals surface area contributed by atoms with Crippen LogP contribution in [0.3, 0.4) is 0 Å². The largest absolute Gasteiger partial charge is 0.466 e. The number of esters is 1. The van der Waals surface area contributed by atoms with Gasteiger partial charge in [-0.3, -0.25) is 9.59 Å². The van der Waals surface area contributed by atoms with E-state index < -0.39 is 0 Å². The van der Waals surface area contributed by atoms with Crippen LogP contribution in [0.25, 0.3) is 0 Å². The molecule has 25 heavy (non-hydrogen) atoms. The topological polar surface area (TPSA) is 55.8 Å². The predicted molar refractivity (Wildman–Crippen MR) is 98.3 cm³/mol. The zero-order chi connectivity index (χ0) is 18.3. The fourth-order valence-corrected chi connectivity index (χ4v) is 2.41. The van der Waals surface area contributed by atoms with Gasteiger partial charge >= 0.3 is 5.97 Å². The van der Waals surface area contributed by atoms with E-state index >= 15 is 0 Å². The highest BCUT2D eigenvalue weighted by Crippen LogP contribution is 2.05. The second-order valence-electron chi connectivity index (χ2n) is 5.92. The first kappa shape index (κ1) is 21.2. The highest BCUT2D eigenvalue weighted by atomic mass is 16.5. The Hall–Kier alpha value is -1.88. The highest BCUT2D eigenvalue weighted by molar-refractivity contribution is 5.79. The number of rotatable bonds is 13. The molecule has 0 unspecified atom stereocenters. The van der Waals surface area contributed by atoms with Gasteiger partial charge in [-0.1, -0.05) is 43.7 Å². The van der Waals surface area contributed by atoms with E-state index in [1.165, 1.54) is 0 Å². The van der Waals surface area contributed by atoms with Crippen LogP contribution in [0.2, 0.25) is 0 Å². The van der Waals surface area contributed by atoms with Gasteiger partial charge in [0.15, 0.2) is 0 Å². The lowest BCUT2D eigenvalue weighted by Gasteiger charge is -2.22. The Kier molecular flexibility index (Phi) is 11.4. The van der Waals surface area contributed by atoms with Gasteiger partial charge in [0.25, 0.3) is 0 Å². The van der Waals surface area contributed by atoms with Crippen LogP contribution in [0.5, 0.6) is 0 Å². The first-order valence-corrected chi connectivity index (χ1v) is 9.22. The van der Waals surface area contributed by atoms with Gasteiger partial charge in [-0.05, 0) is 25.3 Å². The molecule has 0 atom stereocenters. The number of amides is 1. The van der Waals surface area contributed by atoms with Gasteiger partial charge in [0.1, 0.15) is 0 Å². The quantitative estimate of drug-likeness (QED) is 0.405. The second-order valence-corrected chi connectivity index (χ2v) is 5.92. The third kappa shape index (κ3) is 9.87. The molecule has 5 heteroatoms. The number of benzene rings is 1. The zero-order valence-corrected chi connectivity index (χ0v) is 15.5. The summed E-state index contributed by atoms with van der Waals surface area (Å²) in [6.07, 6.45) is 3.51. The van der Waals surface area contributed by atoms with Crippen molar-refractivity contribution in [3.63, 3.8) is 0 Å². The van der Waals surface area contributed by atoms with Crippen LogP contribution in [0.15, 0.2) is 30.3 Å². The summed E-state index contributed by atoms with van der Waals surface area (Å²) >= 11 is 0. The van der Waals surface area contributed by atoms with Crippen molar-refractivity contribution < 1.29 is 19.1 Å². The normalized spacial score (nSPS) is 10.5. The molecule has 1 aromatic carbocycles. The summed E-state index contributed by atoms with van der Waals surface area (Å²) < 4.78 is 10.5. The summed E-state index contributed by atoms with van der Waals surface area (Å²) in [5, 5.41) is 0. The van der Waals surface area contributed by atoms with Crippen molar-refractivity contribution in [2.75, 3.05) is 32.9 Å². The number of carbonyl (C=O) groups excluding carboxylic acids is 2. The van der Waals surface area contributed by atoms with Gasteiger partial charge in [0.05, 0.1) is 19.4 Å². The van der Waals surface area contributed by atoms with Gasteiger partial charge in [0.2, 0.25) is 5.91 Å². The van der Waals surface area contributed by atoms with E-state index in [0.717, 1.165) is 31.4 Å². The Morgan fingerprint density at radius 3 is 2.40 bits per heavy atom. The van der Waals surface area contributed by atoms with E-state index in [9.17, 15) is 9.59 Å². The molecule has 0 aliphatic rings. The van der Waals surface area contributed by atoms with Crippen LogP contribution in [0, 0.1) is 0 Å². The molecule has 1 aromatic rings. The van der Waals surface area contributed by atoms with Crippen LogP contribution in [0.1, 0.15) is 45.1 Å². The molecule has 140 valence electrons. The Balaban J connectivity index is 2.47. The molecule has 0 aliphatic heterocycles. The van der Waals surface area contributed by atoms with E-state index in [-0.39, 0.29) is 18.3 Å². The van der Waals surface area contributed by atoms with Gasteiger partial charge in [-0.25, -0.2) is 0 Å². The molecule has 0 saturated heterocycles. The molecule has 0 heterocycles. The van der Waals surface area contributed by atoms with E-state index in [4.69, 9.17) is 9.47 Å². The Morgan fingerprint density at radius 2 is 1.72 bits per heavy atom. The molecule has 0 aromatic heterocycles. The smallest absolute Gasteiger partial charge is 0.307 e. The number of ether oxygens (including phenoxy) is 2. The number of carbonyl (C=O) groups is 2. The average Bonchev–Trinajstić information content (AvgIpc) is 2.61. The highest BCUT2D eigenvalue weighted by Gasteiger charge is 2.15. The zero-order valence-electron chi connectivity index (χ0n) is 15.5. The maximum absolute atomic E-state index is 12.6. The molecule has 0 saturated carbocycles. The molecule has 0 spiro atoms. The standard InChI is InChI=1S/C20H31NO4/c1-3-5-15-24-16-9-13-21(14-12-20(23)25-4-2)19(22)17-18-10-7-6-8-11-18/h6-8,10-11H,3-5,9,12-17H2,1-2H3. The molecular weight excluding hydrogens is 318 g/mol. The third-order valence-corrected chi connectivity index (χ3v) is 3.80. The Morgan fingerprint density at radius 1 is 1.00 bits per heavy atom. The number of nitrogens with zero attached hydrogens (tertiary/aromatic N) is 1. The summed E-state index contributed by atoms with van der Waals surface area (Å²) in [5.74, 6) is -0.233. The molecule has 0 N–H and O–H groups in total. The maximum atomic E-state index is 12.6. The van der Waals surface area contributed by atoms with Crippen LogP contribution >= 0.6 is 0 Å². The lowest BCUT2D eigenvalue weighted by Crippen LogP contribution is -2.35. The van der Waals surface area contributed by atoms with Crippen molar-refractivity contribution in [3.8, 4) is 0 Å². The summed E-state index contributed by atoms with van der Waals surface area (Å²) in [5.41, 5.74) is 0.979. The van der Waals surface area contributed by atoms with Crippen molar-refractivity contribution in [1.82, 2.24) is 4.90 Å². The molecule has 0 aliphatic carbocycles. The lowest BCUT2D eigenvalue weighted by atomic mass is 10.1. The fraction of sp³-hybridized carbons (Fsp3) is 0.600. The predicted octanol–water partition coefficient (Wildman–Crippen LogP) is 3.22. The van der Waals surface area contributed by atoms with Crippen molar-refractivity contribution >= 4 is 11.9 Å². The maximum Gasteiger partial charge on any atom is 0.307 e. The van der Waals surface area contributed by atoms with E-state index in [1.54, 1.807) is 11.8 Å². The monoisotopic (exact) mass is 349 g/mol. The minimum atomic E-state index is -0.265. The SMILES string of the molecule is CCCCOCCCN(CCC(=O)OCC)C(=O)Cc1ccccc1. The van der Waals surface area contributed by atoms with Gasteiger partial charge in [-0.15, -0.1) is 0 Å². The van der Waals surface area contributed by atoms with Crippen molar-refractivity contribution in [1.29, 1.82) is 0 Å². The van der Waals surface area contributed by atoms with E-state index in [2.05, 4.69) is 6.92 Å². The Bertz CT molecular complexity index is 490. The van der Waals surface area contributed by atoms with Crippen LogP contribution in [0.4, 0.5) is 0 Å². The number of hydrogen-bond donors (Lipinski definition) is 0. The van der Waals surface area contributed by atoms with Crippen molar-refractivity contribution in [3.05, 3.63) is 35.9 Å². The molecule has 0 radical (unpaired) electrons. The molecular formula is C20H31NO4. The molecule has 0 fully saturated rings. The summed E-state index contributed by atoms with van der Waals surface area (Å²) in [6, 6.07) is 9.66. The summed E-state index contributed by atoms with van der Waals surface area (Å²) in [6.45, 7) is 6.65. The van der Waals surface area contributed by atoms with Crippen LogP contribution < -0.4 is 0 Å². The third-order valence-electron chi connectivity index (χ3n) is 3.80. The van der Waals surface area contributed by atoms with E-state index in [1.807, 2.05) is 30.3 Å². The van der Waals surface area contributed by atoms with Crippen molar-refractivity contribution in [2.24, 2.45) is 0 Å². The molecule has 1 amide bonds. The number of unbranched alkanes of at least 4 members (excludes halogenated alkanes) is 1. The minimum absolute atomic E-state index is 0.0315. The minimum Gasteiger partial charge on any atom is -0.466 e. The molecule has 0 bridgehead atoms. The fourth-order valence-electron chi connectivity index (χ4n) is 2.41. The lowest BCUT2D eigenvalue weighted by molar-refractivity contribution is -0.144. The van der Waals surface area contributed by atoms with E-state index in [0.29, 0.717) is 32.7 Å². The number of hydrogen-bond acceptors (Lipinski definition) is 4.